The van der Waals surface area contributed by atoms with Gasteiger partial charge in [-0.15, -0.1) is 0 Å². The summed E-state index contributed by atoms with van der Waals surface area (Å²) in [4.78, 5) is 2.29. The van der Waals surface area contributed by atoms with Crippen molar-refractivity contribution in [2.75, 3.05) is 25.0 Å². The minimum atomic E-state index is 0.201. The molecule has 0 atom stereocenters. The number of rotatable bonds is 5. The van der Waals surface area contributed by atoms with Gasteiger partial charge in [-0.25, -0.2) is 0 Å². The van der Waals surface area contributed by atoms with Crippen molar-refractivity contribution >= 4 is 5.69 Å². The lowest BCUT2D eigenvalue weighted by molar-refractivity contribution is 0.431. The van der Waals surface area contributed by atoms with Crippen molar-refractivity contribution in [1.29, 1.82) is 0 Å². The van der Waals surface area contributed by atoms with E-state index in [1.165, 1.54) is 11.3 Å². The van der Waals surface area contributed by atoms with Crippen LogP contribution >= 0.6 is 0 Å². The van der Waals surface area contributed by atoms with Gasteiger partial charge in [-0.3, -0.25) is 0 Å². The van der Waals surface area contributed by atoms with Gasteiger partial charge in [-0.05, 0) is 44.9 Å². The summed E-state index contributed by atoms with van der Waals surface area (Å²) >= 11 is 0. The molecule has 0 heterocycles. The molecule has 2 nitrogen and oxygen atoms in total. The third-order valence-electron chi connectivity index (χ3n) is 2.89. The normalized spacial score (nSPS) is 11.6. The van der Waals surface area contributed by atoms with Crippen molar-refractivity contribution < 1.29 is 0 Å². The van der Waals surface area contributed by atoms with Crippen LogP contribution in [0.25, 0.3) is 0 Å². The van der Waals surface area contributed by atoms with Crippen molar-refractivity contribution in [3.63, 3.8) is 0 Å². The van der Waals surface area contributed by atoms with Crippen LogP contribution < -0.4 is 10.2 Å². The molecule has 0 amide bonds. The van der Waals surface area contributed by atoms with Crippen molar-refractivity contribution in [3.05, 3.63) is 29.8 Å². The van der Waals surface area contributed by atoms with Crippen LogP contribution in [-0.4, -0.2) is 25.7 Å². The highest BCUT2D eigenvalue weighted by Crippen LogP contribution is 2.13. The molecule has 1 rings (SSSR count). The van der Waals surface area contributed by atoms with Gasteiger partial charge < -0.3 is 10.2 Å². The number of hydrogen-bond acceptors (Lipinski definition) is 2. The fraction of sp³-hybridized carbons (Fsp3) is 0.600. The van der Waals surface area contributed by atoms with E-state index in [1.807, 2.05) is 0 Å². The monoisotopic (exact) mass is 234 g/mol. The van der Waals surface area contributed by atoms with Crippen LogP contribution in [0.2, 0.25) is 0 Å². The summed E-state index contributed by atoms with van der Waals surface area (Å²) in [6.07, 6.45) is 1.11. The van der Waals surface area contributed by atoms with Gasteiger partial charge in [0.05, 0.1) is 0 Å². The maximum Gasteiger partial charge on any atom is 0.0364 e. The second kappa shape index (κ2) is 6.06. The maximum atomic E-state index is 3.50. The smallest absolute Gasteiger partial charge is 0.0364 e. The lowest BCUT2D eigenvalue weighted by atomic mass is 10.1. The van der Waals surface area contributed by atoms with Gasteiger partial charge in [0.15, 0.2) is 0 Å². The number of aryl methyl sites for hydroxylation is 1. The van der Waals surface area contributed by atoms with E-state index in [0.29, 0.717) is 0 Å². The Kier molecular flexibility index (Phi) is 5.01. The van der Waals surface area contributed by atoms with Crippen LogP contribution in [0, 0.1) is 0 Å². The van der Waals surface area contributed by atoms with E-state index in [2.05, 4.69) is 69.2 Å². The molecule has 0 saturated carbocycles. The zero-order chi connectivity index (χ0) is 12.9. The highest BCUT2D eigenvalue weighted by molar-refractivity contribution is 5.46. The second-order valence-electron chi connectivity index (χ2n) is 5.62. The van der Waals surface area contributed by atoms with Crippen LogP contribution in [0.1, 0.15) is 33.3 Å². The van der Waals surface area contributed by atoms with E-state index >= 15 is 0 Å². The van der Waals surface area contributed by atoms with Crippen LogP contribution in [0.3, 0.4) is 0 Å². The molecular weight excluding hydrogens is 208 g/mol. The Balaban J connectivity index is 2.43. The second-order valence-corrected chi connectivity index (χ2v) is 5.62. The number of likely N-dealkylation sites (N-methyl/N-ethyl adjacent to an activating group) is 1. The fourth-order valence-corrected chi connectivity index (χ4v) is 1.71. The average molecular weight is 234 g/mol. The van der Waals surface area contributed by atoms with Crippen molar-refractivity contribution in [2.45, 2.75) is 39.7 Å². The summed E-state index contributed by atoms with van der Waals surface area (Å²) in [6, 6.07) is 8.83. The standard InChI is InChI=1S/C15H26N2/c1-6-13-7-9-14(10-8-13)17(5)12-11-16-15(2,3)4/h7-10,16H,6,11-12H2,1-5H3. The Morgan fingerprint density at radius 3 is 2.18 bits per heavy atom. The lowest BCUT2D eigenvalue weighted by Gasteiger charge is -2.24. The number of benzene rings is 1. The van der Waals surface area contributed by atoms with Crippen molar-refractivity contribution in [3.8, 4) is 0 Å². The Morgan fingerprint density at radius 2 is 1.71 bits per heavy atom. The van der Waals surface area contributed by atoms with Crippen LogP contribution in [0.15, 0.2) is 24.3 Å². The number of nitrogens with zero attached hydrogens (tertiary/aromatic N) is 1. The zero-order valence-corrected chi connectivity index (χ0v) is 11.9. The average Bonchev–Trinajstić information content (AvgIpc) is 2.27. The summed E-state index contributed by atoms with van der Waals surface area (Å²) < 4.78 is 0. The molecule has 0 fully saturated rings. The molecule has 0 aliphatic heterocycles. The van der Waals surface area contributed by atoms with Gasteiger partial charge in [0.1, 0.15) is 0 Å². The van der Waals surface area contributed by atoms with E-state index in [4.69, 9.17) is 0 Å². The van der Waals surface area contributed by atoms with Gasteiger partial charge in [-0.2, -0.15) is 0 Å². The zero-order valence-electron chi connectivity index (χ0n) is 11.9. The summed E-state index contributed by atoms with van der Waals surface area (Å²) in [5.41, 5.74) is 2.89. The van der Waals surface area contributed by atoms with Crippen LogP contribution in [0.4, 0.5) is 5.69 Å². The molecule has 1 N–H and O–H groups in total. The summed E-state index contributed by atoms with van der Waals surface area (Å²) in [7, 11) is 2.14. The summed E-state index contributed by atoms with van der Waals surface area (Å²) in [5, 5.41) is 3.50. The molecule has 1 aromatic rings. The maximum absolute atomic E-state index is 3.50. The topological polar surface area (TPSA) is 15.3 Å². The molecule has 0 aromatic heterocycles. The molecule has 0 spiro atoms. The Morgan fingerprint density at radius 1 is 1.12 bits per heavy atom. The molecule has 0 saturated heterocycles. The molecule has 0 radical (unpaired) electrons. The molecule has 0 aliphatic rings. The molecule has 0 aliphatic carbocycles. The first-order valence-corrected chi connectivity index (χ1v) is 6.47. The number of hydrogen-bond donors (Lipinski definition) is 1. The third-order valence-corrected chi connectivity index (χ3v) is 2.89. The quantitative estimate of drug-likeness (QED) is 0.842. The van der Waals surface area contributed by atoms with Crippen LogP contribution in [0.5, 0.6) is 0 Å². The van der Waals surface area contributed by atoms with Gasteiger partial charge in [0, 0.05) is 31.4 Å². The van der Waals surface area contributed by atoms with Crippen LogP contribution in [-0.2, 0) is 6.42 Å². The first kappa shape index (κ1) is 14.0. The van der Waals surface area contributed by atoms with Crippen molar-refractivity contribution in [1.82, 2.24) is 5.32 Å². The van der Waals surface area contributed by atoms with E-state index < -0.39 is 0 Å². The first-order valence-electron chi connectivity index (χ1n) is 6.47. The summed E-state index contributed by atoms with van der Waals surface area (Å²) in [6.45, 7) is 10.8. The van der Waals surface area contributed by atoms with Crippen molar-refractivity contribution in [2.24, 2.45) is 0 Å². The lowest BCUT2D eigenvalue weighted by Crippen LogP contribution is -2.40. The van der Waals surface area contributed by atoms with Gasteiger partial charge in [0.2, 0.25) is 0 Å². The Labute approximate surface area is 106 Å². The Hall–Kier alpha value is -1.02. The molecule has 0 unspecified atom stereocenters. The van der Waals surface area contributed by atoms with Gasteiger partial charge in [0.25, 0.3) is 0 Å². The minimum absolute atomic E-state index is 0.201. The molecule has 96 valence electrons. The van der Waals surface area contributed by atoms with E-state index in [0.717, 1.165) is 19.5 Å². The highest BCUT2D eigenvalue weighted by Gasteiger charge is 2.08. The fourth-order valence-electron chi connectivity index (χ4n) is 1.71. The molecule has 17 heavy (non-hydrogen) atoms. The highest BCUT2D eigenvalue weighted by atomic mass is 15.1. The molecule has 0 bridgehead atoms. The predicted octanol–water partition coefficient (Wildman–Crippen LogP) is 3.07. The van der Waals surface area contributed by atoms with E-state index in [-0.39, 0.29) is 5.54 Å². The SMILES string of the molecule is CCc1ccc(N(C)CCNC(C)(C)C)cc1. The van der Waals surface area contributed by atoms with Gasteiger partial charge >= 0.3 is 0 Å². The molecular formula is C15H26N2. The number of nitrogens with one attached hydrogen (secondary N) is 1. The van der Waals surface area contributed by atoms with E-state index in [9.17, 15) is 0 Å². The predicted molar refractivity (Wildman–Crippen MR) is 76.8 cm³/mol. The first-order chi connectivity index (χ1) is 7.92. The van der Waals surface area contributed by atoms with Gasteiger partial charge in [-0.1, -0.05) is 19.1 Å². The number of anilines is 1. The summed E-state index contributed by atoms with van der Waals surface area (Å²) in [5.74, 6) is 0. The minimum Gasteiger partial charge on any atom is -0.373 e. The molecule has 1 aromatic carbocycles. The largest absolute Gasteiger partial charge is 0.373 e. The molecule has 2 heteroatoms. The van der Waals surface area contributed by atoms with E-state index in [1.54, 1.807) is 0 Å². The Bertz CT molecular complexity index is 322. The third kappa shape index (κ3) is 5.22.